The molecule has 2 heteroatoms. The third-order valence-corrected chi connectivity index (χ3v) is 3.13. The van der Waals surface area contributed by atoms with Crippen LogP contribution in [0.4, 0.5) is 5.69 Å². The Labute approximate surface area is 85.7 Å². The summed E-state index contributed by atoms with van der Waals surface area (Å²) < 4.78 is 0. The lowest BCUT2D eigenvalue weighted by molar-refractivity contribution is 0.712. The van der Waals surface area contributed by atoms with Crippen LogP contribution in [0.3, 0.4) is 0 Å². The van der Waals surface area contributed by atoms with Crippen molar-refractivity contribution in [1.29, 1.82) is 0 Å². The summed E-state index contributed by atoms with van der Waals surface area (Å²) >= 11 is 0. The summed E-state index contributed by atoms with van der Waals surface area (Å²) in [5, 5.41) is 0. The van der Waals surface area contributed by atoms with Gasteiger partial charge in [-0.2, -0.15) is 0 Å². The van der Waals surface area contributed by atoms with E-state index in [1.54, 1.807) is 0 Å². The van der Waals surface area contributed by atoms with E-state index in [1.165, 1.54) is 22.4 Å². The van der Waals surface area contributed by atoms with Crippen molar-refractivity contribution in [2.45, 2.75) is 25.8 Å². The zero-order chi connectivity index (χ0) is 10.3. The lowest BCUT2D eigenvalue weighted by Crippen LogP contribution is -2.15. The normalized spacial score (nSPS) is 19.6. The molecule has 0 aliphatic heterocycles. The molecular formula is C12H18N2. The highest BCUT2D eigenvalue weighted by Gasteiger charge is 2.24. The van der Waals surface area contributed by atoms with Crippen LogP contribution < -0.4 is 10.6 Å². The van der Waals surface area contributed by atoms with Crippen LogP contribution in [0.2, 0.25) is 0 Å². The number of nitrogens with zero attached hydrogens (tertiary/aromatic N) is 1. The second-order valence-electron chi connectivity index (χ2n) is 4.33. The van der Waals surface area contributed by atoms with E-state index in [0.717, 1.165) is 12.8 Å². The minimum absolute atomic E-state index is 0.238. The van der Waals surface area contributed by atoms with Gasteiger partial charge in [0, 0.05) is 25.8 Å². The summed E-state index contributed by atoms with van der Waals surface area (Å²) in [5.41, 5.74) is 11.6. The van der Waals surface area contributed by atoms with Crippen molar-refractivity contribution in [1.82, 2.24) is 0 Å². The fourth-order valence-corrected chi connectivity index (χ4v) is 2.34. The van der Waals surface area contributed by atoms with Gasteiger partial charge in [-0.05, 0) is 42.5 Å². The van der Waals surface area contributed by atoms with Gasteiger partial charge in [0.05, 0.1) is 0 Å². The number of rotatable bonds is 1. The van der Waals surface area contributed by atoms with Crippen molar-refractivity contribution in [3.63, 3.8) is 0 Å². The molecule has 2 nitrogen and oxygen atoms in total. The minimum Gasteiger partial charge on any atom is -0.377 e. The molecule has 0 bridgehead atoms. The Kier molecular flexibility index (Phi) is 2.23. The van der Waals surface area contributed by atoms with E-state index >= 15 is 0 Å². The Bertz CT molecular complexity index is 356. The Morgan fingerprint density at radius 1 is 1.36 bits per heavy atom. The zero-order valence-electron chi connectivity index (χ0n) is 9.17. The van der Waals surface area contributed by atoms with Gasteiger partial charge in [-0.1, -0.05) is 6.07 Å². The van der Waals surface area contributed by atoms with Gasteiger partial charge in [0.2, 0.25) is 0 Å². The largest absolute Gasteiger partial charge is 0.377 e. The second kappa shape index (κ2) is 3.28. The van der Waals surface area contributed by atoms with Crippen LogP contribution >= 0.6 is 0 Å². The average molecular weight is 190 g/mol. The van der Waals surface area contributed by atoms with Crippen molar-refractivity contribution in [3.8, 4) is 0 Å². The second-order valence-corrected chi connectivity index (χ2v) is 4.33. The molecule has 0 heterocycles. The molecule has 1 aliphatic carbocycles. The highest BCUT2D eigenvalue weighted by molar-refractivity contribution is 5.61. The van der Waals surface area contributed by atoms with Crippen LogP contribution in [0.5, 0.6) is 0 Å². The molecule has 0 fully saturated rings. The standard InChI is InChI=1S/C12H18N2/c1-8-4-7-11(14(2)3)12-9(8)5-6-10(12)13/h4,7,10H,5-6,13H2,1-3H3/t10-/m1/s1. The van der Waals surface area contributed by atoms with Crippen LogP contribution in [0.15, 0.2) is 12.1 Å². The van der Waals surface area contributed by atoms with Crippen LogP contribution in [-0.4, -0.2) is 14.1 Å². The molecule has 1 aromatic rings. The SMILES string of the molecule is Cc1ccc(N(C)C)c2c1CC[C@H]2N. The summed E-state index contributed by atoms with van der Waals surface area (Å²) in [6, 6.07) is 4.62. The van der Waals surface area contributed by atoms with E-state index in [0.29, 0.717) is 0 Å². The lowest BCUT2D eigenvalue weighted by Gasteiger charge is -2.20. The first-order valence-corrected chi connectivity index (χ1v) is 5.16. The summed E-state index contributed by atoms with van der Waals surface area (Å²) in [6.07, 6.45) is 2.24. The Morgan fingerprint density at radius 2 is 2.07 bits per heavy atom. The van der Waals surface area contributed by atoms with Gasteiger partial charge in [0.25, 0.3) is 0 Å². The smallest absolute Gasteiger partial charge is 0.0412 e. The van der Waals surface area contributed by atoms with E-state index in [4.69, 9.17) is 5.73 Å². The Morgan fingerprint density at radius 3 is 2.71 bits per heavy atom. The Balaban J connectivity index is 2.60. The predicted molar refractivity (Wildman–Crippen MR) is 60.8 cm³/mol. The number of fused-ring (bicyclic) bond motifs is 1. The van der Waals surface area contributed by atoms with Gasteiger partial charge < -0.3 is 10.6 Å². The van der Waals surface area contributed by atoms with Crippen molar-refractivity contribution in [2.75, 3.05) is 19.0 Å². The molecule has 2 rings (SSSR count). The van der Waals surface area contributed by atoms with Crippen molar-refractivity contribution >= 4 is 5.69 Å². The van der Waals surface area contributed by atoms with Crippen molar-refractivity contribution in [3.05, 3.63) is 28.8 Å². The molecule has 0 spiro atoms. The monoisotopic (exact) mass is 190 g/mol. The molecule has 0 unspecified atom stereocenters. The average Bonchev–Trinajstić information content (AvgIpc) is 2.50. The first-order valence-electron chi connectivity index (χ1n) is 5.16. The molecule has 0 radical (unpaired) electrons. The molecule has 14 heavy (non-hydrogen) atoms. The molecule has 0 aromatic heterocycles. The zero-order valence-corrected chi connectivity index (χ0v) is 9.17. The third-order valence-electron chi connectivity index (χ3n) is 3.13. The fourth-order valence-electron chi connectivity index (χ4n) is 2.34. The van der Waals surface area contributed by atoms with E-state index in [2.05, 4.69) is 38.1 Å². The predicted octanol–water partition coefficient (Wildman–Crippen LogP) is 2.01. The fraction of sp³-hybridized carbons (Fsp3) is 0.500. The summed E-state index contributed by atoms with van der Waals surface area (Å²) in [5.74, 6) is 0. The van der Waals surface area contributed by atoms with Gasteiger partial charge in [-0.15, -0.1) is 0 Å². The van der Waals surface area contributed by atoms with Crippen LogP contribution in [0.1, 0.15) is 29.2 Å². The van der Waals surface area contributed by atoms with Gasteiger partial charge in [-0.25, -0.2) is 0 Å². The van der Waals surface area contributed by atoms with E-state index in [1.807, 2.05) is 0 Å². The van der Waals surface area contributed by atoms with Crippen molar-refractivity contribution < 1.29 is 0 Å². The van der Waals surface area contributed by atoms with Gasteiger partial charge in [-0.3, -0.25) is 0 Å². The van der Waals surface area contributed by atoms with Crippen LogP contribution in [0, 0.1) is 6.92 Å². The molecule has 0 amide bonds. The number of benzene rings is 1. The number of anilines is 1. The molecule has 0 saturated heterocycles. The molecule has 1 aliphatic rings. The maximum Gasteiger partial charge on any atom is 0.0412 e. The maximum atomic E-state index is 6.13. The van der Waals surface area contributed by atoms with Gasteiger partial charge >= 0.3 is 0 Å². The quantitative estimate of drug-likeness (QED) is 0.734. The molecular weight excluding hydrogens is 172 g/mol. The summed E-state index contributed by atoms with van der Waals surface area (Å²) in [7, 11) is 4.16. The molecule has 76 valence electrons. The Hall–Kier alpha value is -1.02. The highest BCUT2D eigenvalue weighted by atomic mass is 15.1. The van der Waals surface area contributed by atoms with E-state index < -0.39 is 0 Å². The number of hydrogen-bond donors (Lipinski definition) is 1. The number of hydrogen-bond acceptors (Lipinski definition) is 2. The summed E-state index contributed by atoms with van der Waals surface area (Å²) in [6.45, 7) is 2.18. The third kappa shape index (κ3) is 1.30. The lowest BCUT2D eigenvalue weighted by atomic mass is 10.0. The first kappa shape index (κ1) is 9.53. The molecule has 0 saturated carbocycles. The minimum atomic E-state index is 0.238. The van der Waals surface area contributed by atoms with Crippen LogP contribution in [-0.2, 0) is 6.42 Å². The van der Waals surface area contributed by atoms with Crippen molar-refractivity contribution in [2.24, 2.45) is 5.73 Å². The van der Waals surface area contributed by atoms with E-state index in [9.17, 15) is 0 Å². The van der Waals surface area contributed by atoms with Crippen LogP contribution in [0.25, 0.3) is 0 Å². The maximum absolute atomic E-state index is 6.13. The van der Waals surface area contributed by atoms with Gasteiger partial charge in [0.15, 0.2) is 0 Å². The van der Waals surface area contributed by atoms with E-state index in [-0.39, 0.29) is 6.04 Å². The molecule has 2 N–H and O–H groups in total. The number of nitrogens with two attached hydrogens (primary N) is 1. The topological polar surface area (TPSA) is 29.3 Å². The number of aryl methyl sites for hydroxylation is 1. The summed E-state index contributed by atoms with van der Waals surface area (Å²) in [4.78, 5) is 2.16. The van der Waals surface area contributed by atoms with Gasteiger partial charge in [0.1, 0.15) is 0 Å². The molecule has 1 atom stereocenters. The molecule has 1 aromatic carbocycles. The highest BCUT2D eigenvalue weighted by Crippen LogP contribution is 2.37. The first-order chi connectivity index (χ1) is 6.61.